The number of pyridine rings is 1. The fraction of sp³-hybridized carbons (Fsp3) is 0.389. The van der Waals surface area contributed by atoms with Gasteiger partial charge in [0.2, 0.25) is 0 Å². The minimum absolute atomic E-state index is 0.146. The summed E-state index contributed by atoms with van der Waals surface area (Å²) in [6.45, 7) is 1.11. The van der Waals surface area contributed by atoms with Gasteiger partial charge in [-0.1, -0.05) is 13.8 Å². The van der Waals surface area contributed by atoms with Crippen LogP contribution in [0.3, 0.4) is 0 Å². The fourth-order valence-electron chi connectivity index (χ4n) is 3.21. The van der Waals surface area contributed by atoms with Gasteiger partial charge in [-0.3, -0.25) is 4.98 Å². The quantitative estimate of drug-likeness (QED) is 0.482. The maximum Gasteiger partial charge on any atom is 0.586 e. The summed E-state index contributed by atoms with van der Waals surface area (Å²) in [5.41, 5.74) is 0.146. The molecule has 0 bridgehead atoms. The van der Waals surface area contributed by atoms with Crippen molar-refractivity contribution in [3.63, 3.8) is 0 Å². The first-order valence-corrected chi connectivity index (χ1v) is 10.3. The van der Waals surface area contributed by atoms with Gasteiger partial charge < -0.3 is 14.4 Å². The topological polar surface area (TPSA) is 34.6 Å². The van der Waals surface area contributed by atoms with Crippen LogP contribution in [0.5, 0.6) is 11.5 Å². The molecule has 2 aromatic rings. The molecular formula is C18H20F4N2O2S. The number of anilines is 1. The molecule has 148 valence electrons. The zero-order valence-corrected chi connectivity index (χ0v) is 15.9. The van der Waals surface area contributed by atoms with Crippen molar-refractivity contribution in [2.75, 3.05) is 23.5 Å². The van der Waals surface area contributed by atoms with E-state index in [1.54, 1.807) is 18.5 Å². The lowest BCUT2D eigenvalue weighted by molar-refractivity contribution is -0.286. The van der Waals surface area contributed by atoms with E-state index in [-0.39, 0.29) is 17.2 Å². The highest BCUT2D eigenvalue weighted by atomic mass is 32.3. The molecule has 0 unspecified atom stereocenters. The van der Waals surface area contributed by atoms with Crippen molar-refractivity contribution in [1.82, 2.24) is 4.98 Å². The number of rotatable bonds is 6. The molecule has 9 heteroatoms. The van der Waals surface area contributed by atoms with Crippen molar-refractivity contribution in [2.45, 2.75) is 36.5 Å². The predicted molar refractivity (Wildman–Crippen MR) is 96.5 cm³/mol. The summed E-state index contributed by atoms with van der Waals surface area (Å²) in [6, 6.07) is 6.29. The number of hydrogen-bond donors (Lipinski definition) is 0. The van der Waals surface area contributed by atoms with Crippen molar-refractivity contribution in [3.8, 4) is 11.5 Å². The van der Waals surface area contributed by atoms with Crippen LogP contribution in [0.2, 0.25) is 0 Å². The Morgan fingerprint density at radius 2 is 1.78 bits per heavy atom. The standard InChI is InChI=1S/C18H20F4N2O2S/c1-4-27(5-2,12-7-6-8-23-11-12)16-10-15-14(25-18(21,22)26-15)9-13(16)24(3)17(19)20/h6-11,17H,4-5H2,1-3H3. The van der Waals surface area contributed by atoms with Crippen LogP contribution in [0.4, 0.5) is 23.2 Å². The van der Waals surface area contributed by atoms with Crippen LogP contribution in [0.25, 0.3) is 0 Å². The first-order valence-electron chi connectivity index (χ1n) is 8.37. The monoisotopic (exact) mass is 404 g/mol. The van der Waals surface area contributed by atoms with Gasteiger partial charge in [0, 0.05) is 35.3 Å². The van der Waals surface area contributed by atoms with Crippen molar-refractivity contribution < 1.29 is 27.0 Å². The lowest BCUT2D eigenvalue weighted by Crippen LogP contribution is -2.26. The van der Waals surface area contributed by atoms with Crippen molar-refractivity contribution >= 4 is 15.7 Å². The molecular weight excluding hydrogens is 384 g/mol. The van der Waals surface area contributed by atoms with E-state index in [2.05, 4.69) is 14.5 Å². The van der Waals surface area contributed by atoms with E-state index < -0.39 is 22.9 Å². The number of alkyl halides is 4. The SMILES string of the molecule is CCS(CC)(c1cccnc1)c1cc2c(cc1N(C)C(F)F)OC(F)(F)O2. The van der Waals surface area contributed by atoms with Gasteiger partial charge in [0.15, 0.2) is 11.5 Å². The lowest BCUT2D eigenvalue weighted by atomic mass is 10.2. The van der Waals surface area contributed by atoms with Crippen LogP contribution in [0, 0.1) is 0 Å². The minimum atomic E-state index is -3.81. The Morgan fingerprint density at radius 3 is 2.30 bits per heavy atom. The Kier molecular flexibility index (Phi) is 5.16. The summed E-state index contributed by atoms with van der Waals surface area (Å²) >= 11 is 0. The normalized spacial score (nSPS) is 15.9. The van der Waals surface area contributed by atoms with Gasteiger partial charge in [-0.25, -0.2) is 0 Å². The highest BCUT2D eigenvalue weighted by Crippen LogP contribution is 2.66. The summed E-state index contributed by atoms with van der Waals surface area (Å²) in [7, 11) is -0.591. The van der Waals surface area contributed by atoms with Crippen molar-refractivity contribution in [3.05, 3.63) is 36.7 Å². The van der Waals surface area contributed by atoms with Crippen LogP contribution in [-0.2, 0) is 0 Å². The molecule has 1 aliphatic heterocycles. The molecule has 0 radical (unpaired) electrons. The molecule has 0 atom stereocenters. The molecule has 4 nitrogen and oxygen atoms in total. The molecule has 0 fully saturated rings. The number of hydrogen-bond acceptors (Lipinski definition) is 4. The van der Waals surface area contributed by atoms with Gasteiger partial charge in [0.25, 0.3) is 0 Å². The summed E-state index contributed by atoms with van der Waals surface area (Å²) in [6.07, 6.45) is -0.481. The Bertz CT molecular complexity index is 817. The van der Waals surface area contributed by atoms with Gasteiger partial charge in [-0.15, -0.1) is 8.78 Å². The first kappa shape index (κ1) is 19.6. The maximum absolute atomic E-state index is 13.5. The summed E-state index contributed by atoms with van der Waals surface area (Å²) < 4.78 is 63.1. The van der Waals surface area contributed by atoms with E-state index in [9.17, 15) is 17.6 Å². The number of nitrogens with zero attached hydrogens (tertiary/aromatic N) is 2. The van der Waals surface area contributed by atoms with Crippen LogP contribution in [-0.4, -0.2) is 36.4 Å². The molecule has 27 heavy (non-hydrogen) atoms. The van der Waals surface area contributed by atoms with Crippen LogP contribution >= 0.6 is 10.0 Å². The second-order valence-corrected chi connectivity index (χ2v) is 9.81. The molecule has 0 saturated carbocycles. The summed E-state index contributed by atoms with van der Waals surface area (Å²) in [5.74, 6) is 0.868. The van der Waals surface area contributed by atoms with E-state index in [0.29, 0.717) is 16.4 Å². The number of fused-ring (bicyclic) bond motifs is 1. The Labute approximate surface area is 156 Å². The highest BCUT2D eigenvalue weighted by Gasteiger charge is 2.45. The fourth-order valence-corrected chi connectivity index (χ4v) is 6.70. The zero-order chi connectivity index (χ0) is 19.8. The van der Waals surface area contributed by atoms with Crippen LogP contribution < -0.4 is 14.4 Å². The molecule has 1 aromatic carbocycles. The Morgan fingerprint density at radius 1 is 1.15 bits per heavy atom. The van der Waals surface area contributed by atoms with E-state index in [0.717, 1.165) is 9.80 Å². The third-order valence-corrected chi connectivity index (χ3v) is 8.93. The number of halogens is 4. The maximum atomic E-state index is 13.5. The van der Waals surface area contributed by atoms with Gasteiger partial charge in [-0.2, -0.15) is 18.8 Å². The van der Waals surface area contributed by atoms with Crippen molar-refractivity contribution in [1.29, 1.82) is 0 Å². The summed E-state index contributed by atoms with van der Waals surface area (Å²) in [4.78, 5) is 6.36. The molecule has 0 amide bonds. The minimum Gasteiger partial charge on any atom is -0.395 e. The molecule has 3 rings (SSSR count). The van der Waals surface area contributed by atoms with Crippen LogP contribution in [0.15, 0.2) is 46.5 Å². The Hall–Kier alpha value is -2.16. The molecule has 2 heterocycles. The third kappa shape index (κ3) is 3.40. The second-order valence-electron chi connectivity index (χ2n) is 5.97. The van der Waals surface area contributed by atoms with Crippen molar-refractivity contribution in [2.24, 2.45) is 0 Å². The van der Waals surface area contributed by atoms with E-state index in [4.69, 9.17) is 0 Å². The average molecular weight is 404 g/mol. The second kappa shape index (κ2) is 7.10. The van der Waals surface area contributed by atoms with Crippen LogP contribution in [0.1, 0.15) is 13.8 Å². The van der Waals surface area contributed by atoms with E-state index in [1.165, 1.54) is 19.2 Å². The number of ether oxygens (including phenoxy) is 2. The number of benzene rings is 1. The van der Waals surface area contributed by atoms with Gasteiger partial charge in [0.05, 0.1) is 5.69 Å². The van der Waals surface area contributed by atoms with Gasteiger partial charge in [-0.05, 0) is 29.7 Å². The molecule has 0 saturated heterocycles. The lowest BCUT2D eigenvalue weighted by Gasteiger charge is -2.41. The van der Waals surface area contributed by atoms with Gasteiger partial charge >= 0.3 is 12.8 Å². The van der Waals surface area contributed by atoms with E-state index >= 15 is 0 Å². The smallest absolute Gasteiger partial charge is 0.395 e. The summed E-state index contributed by atoms with van der Waals surface area (Å²) in [5, 5.41) is 0. The predicted octanol–water partition coefficient (Wildman–Crippen LogP) is 5.32. The third-order valence-electron chi connectivity index (χ3n) is 4.65. The largest absolute Gasteiger partial charge is 0.586 e. The molecule has 0 aliphatic carbocycles. The Balaban J connectivity index is 2.26. The molecule has 1 aliphatic rings. The number of aromatic nitrogens is 1. The average Bonchev–Trinajstić information content (AvgIpc) is 2.95. The first-order chi connectivity index (χ1) is 12.7. The molecule has 1 aromatic heterocycles. The highest BCUT2D eigenvalue weighted by molar-refractivity contribution is 8.33. The molecule has 0 spiro atoms. The molecule has 0 N–H and O–H groups in total. The van der Waals surface area contributed by atoms with Gasteiger partial charge in [0.1, 0.15) is 0 Å². The zero-order valence-electron chi connectivity index (χ0n) is 15.1. The van der Waals surface area contributed by atoms with E-state index in [1.807, 2.05) is 19.9 Å².